The molecule has 17 heavy (non-hydrogen) atoms. The molecule has 0 radical (unpaired) electrons. The smallest absolute Gasteiger partial charge is 0.304 e. The number of rotatable bonds is 3. The van der Waals surface area contributed by atoms with Crippen LogP contribution in [0, 0.1) is 10.1 Å². The van der Waals surface area contributed by atoms with Crippen molar-refractivity contribution in [2.45, 2.75) is 13.0 Å². The molecule has 0 aromatic carbocycles. The number of hydrogen-bond donors (Lipinski definition) is 1. The highest BCUT2D eigenvalue weighted by Gasteiger charge is 2.26. The lowest BCUT2D eigenvalue weighted by atomic mass is 10.3. The summed E-state index contributed by atoms with van der Waals surface area (Å²) in [7, 11) is 0. The van der Waals surface area contributed by atoms with E-state index >= 15 is 0 Å². The Labute approximate surface area is 103 Å². The summed E-state index contributed by atoms with van der Waals surface area (Å²) in [5.41, 5.74) is 0.0767. The van der Waals surface area contributed by atoms with E-state index in [2.05, 4.69) is 0 Å². The fourth-order valence-electron chi connectivity index (χ4n) is 1.72. The van der Waals surface area contributed by atoms with E-state index in [0.29, 0.717) is 36.2 Å². The van der Waals surface area contributed by atoms with E-state index in [1.54, 1.807) is 6.92 Å². The van der Waals surface area contributed by atoms with Crippen LogP contribution in [0.2, 0.25) is 0 Å². The molecule has 0 saturated carbocycles. The monoisotopic (exact) mass is 258 g/mol. The van der Waals surface area contributed by atoms with Crippen molar-refractivity contribution in [3.63, 3.8) is 0 Å². The fourth-order valence-corrected chi connectivity index (χ4v) is 2.83. The number of anilines is 1. The van der Waals surface area contributed by atoms with Gasteiger partial charge in [-0.05, 0) is 6.92 Å². The summed E-state index contributed by atoms with van der Waals surface area (Å²) in [5, 5.41) is 21.1. The molecule has 0 spiro atoms. The highest BCUT2D eigenvalue weighted by Crippen LogP contribution is 2.40. The van der Waals surface area contributed by atoms with Crippen molar-refractivity contribution in [1.29, 1.82) is 0 Å². The number of hydrogen-bond acceptors (Lipinski definition) is 6. The Hall–Kier alpha value is -1.18. The zero-order valence-corrected chi connectivity index (χ0v) is 10.3. The first-order valence-electron chi connectivity index (χ1n) is 5.38. The number of nitrogens with zero attached hydrogens (tertiary/aromatic N) is 2. The minimum absolute atomic E-state index is 0.0767. The van der Waals surface area contributed by atoms with Gasteiger partial charge in [-0.1, -0.05) is 0 Å². The van der Waals surface area contributed by atoms with Crippen molar-refractivity contribution < 1.29 is 14.8 Å². The van der Waals surface area contributed by atoms with Crippen molar-refractivity contribution in [2.75, 3.05) is 31.2 Å². The first kappa shape index (κ1) is 12.3. The highest BCUT2D eigenvalue weighted by molar-refractivity contribution is 7.16. The number of aliphatic hydroxyl groups is 1. The van der Waals surface area contributed by atoms with Crippen molar-refractivity contribution in [3.8, 4) is 0 Å². The van der Waals surface area contributed by atoms with Gasteiger partial charge in [-0.3, -0.25) is 10.1 Å². The van der Waals surface area contributed by atoms with Gasteiger partial charge in [-0.2, -0.15) is 0 Å². The summed E-state index contributed by atoms with van der Waals surface area (Å²) in [6.45, 7) is 4.08. The molecule has 7 heteroatoms. The van der Waals surface area contributed by atoms with Gasteiger partial charge in [0.15, 0.2) is 5.00 Å². The Morgan fingerprint density at radius 2 is 2.24 bits per heavy atom. The SMILES string of the molecule is C[C@@H](O)c1cc([N+](=O)[O-])c(N2CCOCC2)s1. The lowest BCUT2D eigenvalue weighted by Crippen LogP contribution is -2.35. The van der Waals surface area contributed by atoms with E-state index in [1.165, 1.54) is 17.4 Å². The Morgan fingerprint density at radius 1 is 1.59 bits per heavy atom. The van der Waals surface area contributed by atoms with E-state index in [-0.39, 0.29) is 5.69 Å². The third kappa shape index (κ3) is 2.56. The van der Waals surface area contributed by atoms with Gasteiger partial charge in [0.2, 0.25) is 0 Å². The van der Waals surface area contributed by atoms with Gasteiger partial charge in [0.1, 0.15) is 0 Å². The van der Waals surface area contributed by atoms with Gasteiger partial charge in [0, 0.05) is 24.0 Å². The molecule has 94 valence electrons. The standard InChI is InChI=1S/C10H14N2O4S/c1-7(13)9-6-8(12(14)15)10(17-9)11-2-4-16-5-3-11/h6-7,13H,2-5H2,1H3/t7-/m1/s1. The number of morpholine rings is 1. The van der Waals surface area contributed by atoms with Crippen LogP contribution in [-0.2, 0) is 4.74 Å². The molecule has 1 N–H and O–H groups in total. The quantitative estimate of drug-likeness (QED) is 0.657. The van der Waals surface area contributed by atoms with E-state index in [0.717, 1.165) is 0 Å². The molecule has 0 bridgehead atoms. The number of aliphatic hydroxyl groups excluding tert-OH is 1. The van der Waals surface area contributed by atoms with Gasteiger partial charge < -0.3 is 14.7 Å². The Balaban J connectivity index is 2.32. The highest BCUT2D eigenvalue weighted by atomic mass is 32.1. The van der Waals surface area contributed by atoms with Crippen molar-refractivity contribution in [2.24, 2.45) is 0 Å². The average molecular weight is 258 g/mol. The van der Waals surface area contributed by atoms with Crippen LogP contribution in [0.3, 0.4) is 0 Å². The zero-order chi connectivity index (χ0) is 12.4. The zero-order valence-electron chi connectivity index (χ0n) is 9.46. The molecular weight excluding hydrogens is 244 g/mol. The lowest BCUT2D eigenvalue weighted by molar-refractivity contribution is -0.383. The van der Waals surface area contributed by atoms with E-state index in [1.807, 2.05) is 4.90 Å². The lowest BCUT2D eigenvalue weighted by Gasteiger charge is -2.26. The van der Waals surface area contributed by atoms with Crippen LogP contribution < -0.4 is 4.90 Å². The average Bonchev–Trinajstić information content (AvgIpc) is 2.75. The maximum Gasteiger partial charge on any atom is 0.304 e. The number of ether oxygens (including phenoxy) is 1. The maximum absolute atomic E-state index is 11.0. The van der Waals surface area contributed by atoms with Gasteiger partial charge in [-0.15, -0.1) is 11.3 Å². The second kappa shape index (κ2) is 4.99. The summed E-state index contributed by atoms with van der Waals surface area (Å²) in [6, 6.07) is 1.46. The number of thiophene rings is 1. The molecule has 1 aromatic rings. The predicted molar refractivity (Wildman–Crippen MR) is 64.6 cm³/mol. The van der Waals surface area contributed by atoms with Gasteiger partial charge in [0.05, 0.1) is 24.2 Å². The van der Waals surface area contributed by atoms with Crippen LogP contribution in [0.15, 0.2) is 6.07 Å². The topological polar surface area (TPSA) is 75.8 Å². The van der Waals surface area contributed by atoms with E-state index in [9.17, 15) is 15.2 Å². The predicted octanol–water partition coefficient (Wildman–Crippen LogP) is 1.55. The summed E-state index contributed by atoms with van der Waals surface area (Å²) in [4.78, 5) is 13.1. The van der Waals surface area contributed by atoms with Gasteiger partial charge in [-0.25, -0.2) is 0 Å². The van der Waals surface area contributed by atoms with Crippen molar-refractivity contribution in [1.82, 2.24) is 0 Å². The third-order valence-corrected chi connectivity index (χ3v) is 3.97. The molecule has 1 atom stereocenters. The molecule has 1 saturated heterocycles. The molecule has 0 aliphatic carbocycles. The molecule has 1 aromatic heterocycles. The molecule has 1 fully saturated rings. The van der Waals surface area contributed by atoms with Crippen LogP contribution >= 0.6 is 11.3 Å². The Morgan fingerprint density at radius 3 is 2.76 bits per heavy atom. The first-order valence-corrected chi connectivity index (χ1v) is 6.20. The molecule has 2 rings (SSSR count). The van der Waals surface area contributed by atoms with Crippen molar-refractivity contribution in [3.05, 3.63) is 21.1 Å². The largest absolute Gasteiger partial charge is 0.388 e. The van der Waals surface area contributed by atoms with Crippen LogP contribution in [-0.4, -0.2) is 36.3 Å². The summed E-state index contributed by atoms with van der Waals surface area (Å²) in [6.07, 6.45) is -0.673. The minimum Gasteiger partial charge on any atom is -0.388 e. The fraction of sp³-hybridized carbons (Fsp3) is 0.600. The summed E-state index contributed by atoms with van der Waals surface area (Å²) in [5.74, 6) is 0. The van der Waals surface area contributed by atoms with Crippen LogP contribution in [0.5, 0.6) is 0 Å². The molecule has 1 aliphatic rings. The van der Waals surface area contributed by atoms with Gasteiger partial charge in [0.25, 0.3) is 0 Å². The van der Waals surface area contributed by atoms with Crippen LogP contribution in [0.1, 0.15) is 17.9 Å². The van der Waals surface area contributed by atoms with Gasteiger partial charge >= 0.3 is 5.69 Å². The molecule has 0 amide bonds. The van der Waals surface area contributed by atoms with E-state index < -0.39 is 11.0 Å². The normalized spacial score (nSPS) is 18.1. The Kier molecular flexibility index (Phi) is 3.60. The number of nitro groups is 1. The molecular formula is C10H14N2O4S. The molecule has 0 unspecified atom stereocenters. The third-order valence-electron chi connectivity index (χ3n) is 2.62. The second-order valence-electron chi connectivity index (χ2n) is 3.87. The maximum atomic E-state index is 11.0. The molecule has 1 aliphatic heterocycles. The summed E-state index contributed by atoms with van der Waals surface area (Å²) < 4.78 is 5.22. The van der Waals surface area contributed by atoms with Crippen LogP contribution in [0.4, 0.5) is 10.7 Å². The van der Waals surface area contributed by atoms with Crippen molar-refractivity contribution >= 4 is 22.0 Å². The molecule has 2 heterocycles. The second-order valence-corrected chi connectivity index (χ2v) is 4.93. The first-order chi connectivity index (χ1) is 8.09. The van der Waals surface area contributed by atoms with E-state index in [4.69, 9.17) is 4.74 Å². The minimum atomic E-state index is -0.673. The molecule has 6 nitrogen and oxygen atoms in total. The Bertz CT molecular complexity index is 412. The summed E-state index contributed by atoms with van der Waals surface area (Å²) >= 11 is 1.28. The van der Waals surface area contributed by atoms with Crippen LogP contribution in [0.25, 0.3) is 0 Å².